The number of fused-ring (bicyclic) bond motifs is 1. The van der Waals surface area contributed by atoms with E-state index in [1.807, 2.05) is 53.6 Å². The normalized spacial score (nSPS) is 14.0. The number of benzene rings is 2. The van der Waals surface area contributed by atoms with E-state index in [0.29, 0.717) is 24.6 Å². The van der Waals surface area contributed by atoms with Gasteiger partial charge in [0.25, 0.3) is 0 Å². The topological polar surface area (TPSA) is 69.5 Å². The van der Waals surface area contributed by atoms with E-state index >= 15 is 0 Å². The Labute approximate surface area is 192 Å². The van der Waals surface area contributed by atoms with Gasteiger partial charge in [0.2, 0.25) is 5.91 Å². The van der Waals surface area contributed by atoms with E-state index in [1.165, 1.54) is 22.9 Å². The number of hydrogen-bond acceptors (Lipinski definition) is 6. The summed E-state index contributed by atoms with van der Waals surface area (Å²) in [5.74, 6) is 2.64. The van der Waals surface area contributed by atoms with Crippen molar-refractivity contribution in [2.75, 3.05) is 19.4 Å². The van der Waals surface area contributed by atoms with Gasteiger partial charge in [0.1, 0.15) is 11.5 Å². The number of nitrogens with zero attached hydrogens (tertiary/aromatic N) is 4. The van der Waals surface area contributed by atoms with E-state index < -0.39 is 0 Å². The van der Waals surface area contributed by atoms with Crippen molar-refractivity contribution < 1.29 is 14.3 Å². The van der Waals surface area contributed by atoms with Crippen molar-refractivity contribution in [2.45, 2.75) is 44.6 Å². The van der Waals surface area contributed by atoms with Gasteiger partial charge < -0.3 is 18.9 Å². The zero-order valence-electron chi connectivity index (χ0n) is 18.7. The van der Waals surface area contributed by atoms with E-state index in [1.54, 1.807) is 7.11 Å². The molecule has 1 unspecified atom stereocenters. The Bertz CT molecular complexity index is 1080. The second-order valence-electron chi connectivity index (χ2n) is 7.65. The number of hydrogen-bond donors (Lipinski definition) is 0. The van der Waals surface area contributed by atoms with Crippen LogP contribution in [0.3, 0.4) is 0 Å². The summed E-state index contributed by atoms with van der Waals surface area (Å²) in [5, 5.41) is 9.42. The number of amides is 1. The maximum absolute atomic E-state index is 12.8. The van der Waals surface area contributed by atoms with Crippen LogP contribution in [0.5, 0.6) is 11.5 Å². The molecule has 2 heterocycles. The molecule has 8 heteroatoms. The maximum Gasteiger partial charge on any atom is 0.233 e. The highest BCUT2D eigenvalue weighted by Gasteiger charge is 2.23. The van der Waals surface area contributed by atoms with Gasteiger partial charge >= 0.3 is 0 Å². The van der Waals surface area contributed by atoms with Crippen LogP contribution in [0.2, 0.25) is 0 Å². The number of ether oxygens (including phenoxy) is 2. The number of thioether (sulfide) groups is 1. The Kier molecular flexibility index (Phi) is 6.99. The third-order valence-electron chi connectivity index (χ3n) is 5.59. The number of rotatable bonds is 8. The van der Waals surface area contributed by atoms with Gasteiger partial charge in [-0.1, -0.05) is 42.1 Å². The fourth-order valence-electron chi connectivity index (χ4n) is 3.86. The average Bonchev–Trinajstić information content (AvgIpc) is 3.25. The molecule has 4 rings (SSSR count). The molecule has 0 spiro atoms. The fraction of sp³-hybridized carbons (Fsp3) is 0.375. The van der Waals surface area contributed by atoms with Gasteiger partial charge in [-0.25, -0.2) is 0 Å². The first-order valence-electron chi connectivity index (χ1n) is 10.8. The van der Waals surface area contributed by atoms with Crippen LogP contribution in [-0.4, -0.2) is 45.0 Å². The van der Waals surface area contributed by atoms with Crippen LogP contribution in [0.1, 0.15) is 36.9 Å². The summed E-state index contributed by atoms with van der Waals surface area (Å²) >= 11 is 1.43. The SMILES string of the molecule is CCn1c(SCC(=O)N2CCc3ccccc3C2)nnc1C(C)Oc1cccc(OC)c1. The van der Waals surface area contributed by atoms with Gasteiger partial charge in [-0.05, 0) is 43.5 Å². The number of carbonyl (C=O) groups excluding carboxylic acids is 1. The van der Waals surface area contributed by atoms with Crippen LogP contribution in [-0.2, 0) is 24.3 Å². The highest BCUT2D eigenvalue weighted by Crippen LogP contribution is 2.27. The van der Waals surface area contributed by atoms with Crippen molar-refractivity contribution in [1.29, 1.82) is 0 Å². The number of carbonyl (C=O) groups is 1. The molecule has 1 aliphatic rings. The predicted octanol–water partition coefficient (Wildman–Crippen LogP) is 4.12. The molecule has 32 heavy (non-hydrogen) atoms. The summed E-state index contributed by atoms with van der Waals surface area (Å²) in [5.41, 5.74) is 2.57. The van der Waals surface area contributed by atoms with E-state index in [2.05, 4.69) is 28.4 Å². The minimum Gasteiger partial charge on any atom is -0.497 e. The van der Waals surface area contributed by atoms with Crippen molar-refractivity contribution in [3.05, 3.63) is 65.5 Å². The zero-order valence-corrected chi connectivity index (χ0v) is 19.5. The van der Waals surface area contributed by atoms with Gasteiger partial charge in [0.15, 0.2) is 17.1 Å². The van der Waals surface area contributed by atoms with E-state index in [9.17, 15) is 4.79 Å². The quantitative estimate of drug-likeness (QED) is 0.479. The van der Waals surface area contributed by atoms with Crippen LogP contribution in [0.25, 0.3) is 0 Å². The second-order valence-corrected chi connectivity index (χ2v) is 8.59. The van der Waals surface area contributed by atoms with Gasteiger partial charge in [0.05, 0.1) is 12.9 Å². The minimum atomic E-state index is -0.293. The van der Waals surface area contributed by atoms with Crippen LogP contribution >= 0.6 is 11.8 Å². The molecule has 1 aromatic heterocycles. The molecule has 0 bridgehead atoms. The Hall–Kier alpha value is -3.00. The van der Waals surface area contributed by atoms with E-state index in [4.69, 9.17) is 9.47 Å². The summed E-state index contributed by atoms with van der Waals surface area (Å²) in [6.45, 7) is 6.11. The van der Waals surface area contributed by atoms with Gasteiger partial charge in [-0.15, -0.1) is 10.2 Å². The molecule has 1 amide bonds. The molecule has 3 aromatic rings. The third kappa shape index (κ3) is 4.91. The standard InChI is InChI=1S/C24H28N4O3S/c1-4-28-23(17(2)31-21-11-7-10-20(14-21)30-3)25-26-24(28)32-16-22(29)27-13-12-18-8-5-6-9-19(18)15-27/h5-11,14,17H,4,12-13,15-16H2,1-3H3. The Morgan fingerprint density at radius 3 is 2.69 bits per heavy atom. The molecular weight excluding hydrogens is 424 g/mol. The van der Waals surface area contributed by atoms with E-state index in [-0.39, 0.29) is 12.0 Å². The van der Waals surface area contributed by atoms with Crippen LogP contribution in [0, 0.1) is 0 Å². The second kappa shape index (κ2) is 10.1. The van der Waals surface area contributed by atoms with Crippen molar-refractivity contribution >= 4 is 17.7 Å². The lowest BCUT2D eigenvalue weighted by molar-refractivity contribution is -0.129. The van der Waals surface area contributed by atoms with Crippen LogP contribution in [0.15, 0.2) is 53.7 Å². The predicted molar refractivity (Wildman–Crippen MR) is 124 cm³/mol. The molecule has 0 saturated carbocycles. The summed E-state index contributed by atoms with van der Waals surface area (Å²) in [6, 6.07) is 15.8. The number of aromatic nitrogens is 3. The lowest BCUT2D eigenvalue weighted by atomic mass is 10.00. The van der Waals surface area contributed by atoms with Crippen molar-refractivity contribution in [2.24, 2.45) is 0 Å². The molecule has 7 nitrogen and oxygen atoms in total. The van der Waals surface area contributed by atoms with Crippen molar-refractivity contribution in [1.82, 2.24) is 19.7 Å². The maximum atomic E-state index is 12.8. The lowest BCUT2D eigenvalue weighted by Crippen LogP contribution is -2.37. The molecule has 0 radical (unpaired) electrons. The van der Waals surface area contributed by atoms with Crippen molar-refractivity contribution in [3.8, 4) is 11.5 Å². The van der Waals surface area contributed by atoms with Gasteiger partial charge in [-0.2, -0.15) is 0 Å². The van der Waals surface area contributed by atoms with Crippen LogP contribution in [0.4, 0.5) is 0 Å². The summed E-state index contributed by atoms with van der Waals surface area (Å²) < 4.78 is 13.3. The zero-order chi connectivity index (χ0) is 22.5. The Morgan fingerprint density at radius 2 is 1.91 bits per heavy atom. The van der Waals surface area contributed by atoms with Gasteiger partial charge in [-0.3, -0.25) is 4.79 Å². The molecule has 1 atom stereocenters. The van der Waals surface area contributed by atoms with E-state index in [0.717, 1.165) is 29.7 Å². The Morgan fingerprint density at radius 1 is 1.12 bits per heavy atom. The Balaban J connectivity index is 1.39. The smallest absolute Gasteiger partial charge is 0.233 e. The summed E-state index contributed by atoms with van der Waals surface area (Å²) in [7, 11) is 1.63. The van der Waals surface area contributed by atoms with Gasteiger partial charge in [0, 0.05) is 25.7 Å². The average molecular weight is 453 g/mol. The molecule has 1 aliphatic heterocycles. The molecule has 168 valence electrons. The summed E-state index contributed by atoms with van der Waals surface area (Å²) in [4.78, 5) is 14.8. The molecule has 2 aromatic carbocycles. The molecular formula is C24H28N4O3S. The van der Waals surface area contributed by atoms with Crippen LogP contribution < -0.4 is 9.47 Å². The summed E-state index contributed by atoms with van der Waals surface area (Å²) in [6.07, 6.45) is 0.610. The fourth-order valence-corrected chi connectivity index (χ4v) is 4.77. The molecule has 0 saturated heterocycles. The highest BCUT2D eigenvalue weighted by molar-refractivity contribution is 7.99. The number of methoxy groups -OCH3 is 1. The highest BCUT2D eigenvalue weighted by atomic mass is 32.2. The third-order valence-corrected chi connectivity index (χ3v) is 6.54. The molecule has 0 aliphatic carbocycles. The largest absolute Gasteiger partial charge is 0.497 e. The first-order valence-corrected chi connectivity index (χ1v) is 11.8. The van der Waals surface area contributed by atoms with Crippen molar-refractivity contribution in [3.63, 3.8) is 0 Å². The monoisotopic (exact) mass is 452 g/mol. The molecule has 0 N–H and O–H groups in total. The minimum absolute atomic E-state index is 0.123. The first-order chi connectivity index (χ1) is 15.6. The first kappa shape index (κ1) is 22.2. The molecule has 0 fully saturated rings. The lowest BCUT2D eigenvalue weighted by Gasteiger charge is -2.28.